The molecule has 0 spiro atoms. The lowest BCUT2D eigenvalue weighted by atomic mass is 10.1. The molecule has 0 aliphatic rings. The third-order valence-electron chi connectivity index (χ3n) is 3.02. The Morgan fingerprint density at radius 2 is 1.90 bits per heavy atom. The van der Waals surface area contributed by atoms with E-state index in [9.17, 15) is 0 Å². The SMILES string of the molecule is CC(C)NCc1ccc(COc2cccc(Br)c2)c(Br)c1. The van der Waals surface area contributed by atoms with Crippen molar-refractivity contribution in [2.75, 3.05) is 0 Å². The molecule has 0 atom stereocenters. The van der Waals surface area contributed by atoms with Gasteiger partial charge in [-0.3, -0.25) is 0 Å². The van der Waals surface area contributed by atoms with Crippen LogP contribution >= 0.6 is 31.9 Å². The Labute approximate surface area is 143 Å². The van der Waals surface area contributed by atoms with Gasteiger partial charge >= 0.3 is 0 Å². The molecule has 4 heteroatoms. The third-order valence-corrected chi connectivity index (χ3v) is 4.25. The fourth-order valence-electron chi connectivity index (χ4n) is 1.86. The van der Waals surface area contributed by atoms with Crippen molar-refractivity contribution < 1.29 is 4.74 Å². The van der Waals surface area contributed by atoms with E-state index in [1.54, 1.807) is 0 Å². The average molecular weight is 413 g/mol. The first-order chi connectivity index (χ1) is 10.0. The van der Waals surface area contributed by atoms with Gasteiger partial charge in [-0.15, -0.1) is 0 Å². The quantitative estimate of drug-likeness (QED) is 0.695. The van der Waals surface area contributed by atoms with Crippen LogP contribution in [0.1, 0.15) is 25.0 Å². The van der Waals surface area contributed by atoms with Gasteiger partial charge in [-0.25, -0.2) is 0 Å². The van der Waals surface area contributed by atoms with Crippen LogP contribution in [0.2, 0.25) is 0 Å². The normalized spacial score (nSPS) is 10.9. The second-order valence-electron chi connectivity index (χ2n) is 5.21. The van der Waals surface area contributed by atoms with Crippen LogP contribution in [-0.2, 0) is 13.2 Å². The molecule has 2 rings (SSSR count). The zero-order valence-electron chi connectivity index (χ0n) is 12.2. The van der Waals surface area contributed by atoms with Gasteiger partial charge in [-0.05, 0) is 29.8 Å². The highest BCUT2D eigenvalue weighted by Crippen LogP contribution is 2.23. The van der Waals surface area contributed by atoms with Crippen molar-refractivity contribution in [2.24, 2.45) is 0 Å². The third kappa shape index (κ3) is 5.46. The summed E-state index contributed by atoms with van der Waals surface area (Å²) in [5.41, 5.74) is 2.41. The van der Waals surface area contributed by atoms with Crippen molar-refractivity contribution >= 4 is 31.9 Å². The minimum absolute atomic E-state index is 0.489. The predicted octanol–water partition coefficient (Wildman–Crippen LogP) is 5.29. The summed E-state index contributed by atoms with van der Waals surface area (Å²) in [5, 5.41) is 3.42. The van der Waals surface area contributed by atoms with Crippen LogP contribution < -0.4 is 10.1 Å². The molecule has 0 saturated heterocycles. The fourth-order valence-corrected chi connectivity index (χ4v) is 2.78. The van der Waals surface area contributed by atoms with Crippen LogP contribution in [0.15, 0.2) is 51.4 Å². The Bertz CT molecular complexity index is 599. The van der Waals surface area contributed by atoms with Crippen LogP contribution in [0, 0.1) is 0 Å². The standard InChI is InChI=1S/C17H19Br2NO/c1-12(2)20-10-13-6-7-14(17(19)8-13)11-21-16-5-3-4-15(18)9-16/h3-9,12,20H,10-11H2,1-2H3. The lowest BCUT2D eigenvalue weighted by Crippen LogP contribution is -2.21. The molecule has 2 aromatic carbocycles. The maximum Gasteiger partial charge on any atom is 0.120 e. The Morgan fingerprint density at radius 3 is 2.57 bits per heavy atom. The molecule has 0 heterocycles. The molecule has 0 fully saturated rings. The summed E-state index contributed by atoms with van der Waals surface area (Å²) in [5.74, 6) is 0.863. The van der Waals surface area contributed by atoms with E-state index in [1.807, 2.05) is 24.3 Å². The predicted molar refractivity (Wildman–Crippen MR) is 94.6 cm³/mol. The van der Waals surface area contributed by atoms with E-state index in [4.69, 9.17) is 4.74 Å². The molecule has 0 aliphatic heterocycles. The van der Waals surface area contributed by atoms with E-state index in [0.29, 0.717) is 12.6 Å². The van der Waals surface area contributed by atoms with Crippen LogP contribution in [0.5, 0.6) is 5.75 Å². The van der Waals surface area contributed by atoms with Crippen molar-refractivity contribution in [3.63, 3.8) is 0 Å². The number of hydrogen-bond donors (Lipinski definition) is 1. The summed E-state index contributed by atoms with van der Waals surface area (Å²) in [4.78, 5) is 0. The van der Waals surface area contributed by atoms with Crippen molar-refractivity contribution in [3.8, 4) is 5.75 Å². The van der Waals surface area contributed by atoms with Gasteiger partial charge in [0.15, 0.2) is 0 Å². The van der Waals surface area contributed by atoms with E-state index in [-0.39, 0.29) is 0 Å². The van der Waals surface area contributed by atoms with Gasteiger partial charge in [0.1, 0.15) is 12.4 Å². The van der Waals surface area contributed by atoms with E-state index >= 15 is 0 Å². The smallest absolute Gasteiger partial charge is 0.120 e. The molecule has 0 aliphatic carbocycles. The number of rotatable bonds is 6. The van der Waals surface area contributed by atoms with Gasteiger partial charge in [-0.1, -0.05) is 63.9 Å². The van der Waals surface area contributed by atoms with Crippen molar-refractivity contribution in [3.05, 3.63) is 62.5 Å². The van der Waals surface area contributed by atoms with Crippen LogP contribution in [0.25, 0.3) is 0 Å². The first-order valence-corrected chi connectivity index (χ1v) is 8.52. The summed E-state index contributed by atoms with van der Waals surface area (Å²) in [6.45, 7) is 5.72. The Balaban J connectivity index is 1.97. The monoisotopic (exact) mass is 411 g/mol. The molecule has 0 unspecified atom stereocenters. The molecular formula is C17H19Br2NO. The topological polar surface area (TPSA) is 21.3 Å². The number of nitrogens with one attached hydrogen (secondary N) is 1. The molecule has 1 N–H and O–H groups in total. The number of ether oxygens (including phenoxy) is 1. The summed E-state index contributed by atoms with van der Waals surface area (Å²) >= 11 is 7.07. The highest BCUT2D eigenvalue weighted by Gasteiger charge is 2.04. The van der Waals surface area contributed by atoms with Gasteiger partial charge < -0.3 is 10.1 Å². The van der Waals surface area contributed by atoms with E-state index in [2.05, 4.69) is 69.2 Å². The van der Waals surface area contributed by atoms with Crippen molar-refractivity contribution in [2.45, 2.75) is 33.0 Å². The van der Waals surface area contributed by atoms with Crippen LogP contribution in [0.4, 0.5) is 0 Å². The Kier molecular flexibility index (Phi) is 6.27. The van der Waals surface area contributed by atoms with Crippen LogP contribution in [0.3, 0.4) is 0 Å². The fraction of sp³-hybridized carbons (Fsp3) is 0.294. The summed E-state index contributed by atoms with van der Waals surface area (Å²) in [7, 11) is 0. The lowest BCUT2D eigenvalue weighted by molar-refractivity contribution is 0.305. The zero-order valence-corrected chi connectivity index (χ0v) is 15.4. The zero-order chi connectivity index (χ0) is 15.2. The largest absolute Gasteiger partial charge is 0.489 e. The number of benzene rings is 2. The molecule has 112 valence electrons. The van der Waals surface area contributed by atoms with Crippen molar-refractivity contribution in [1.29, 1.82) is 0 Å². The molecule has 21 heavy (non-hydrogen) atoms. The Hall–Kier alpha value is -0.840. The van der Waals surface area contributed by atoms with E-state index < -0.39 is 0 Å². The molecule has 2 nitrogen and oxygen atoms in total. The van der Waals surface area contributed by atoms with Gasteiger partial charge in [0.2, 0.25) is 0 Å². The molecule has 0 amide bonds. The van der Waals surface area contributed by atoms with Gasteiger partial charge in [-0.2, -0.15) is 0 Å². The van der Waals surface area contributed by atoms with E-state index in [0.717, 1.165) is 26.8 Å². The molecular weight excluding hydrogens is 394 g/mol. The summed E-state index contributed by atoms with van der Waals surface area (Å²) < 4.78 is 7.92. The molecule has 0 radical (unpaired) electrons. The maximum atomic E-state index is 5.82. The first kappa shape index (κ1) is 16.5. The Morgan fingerprint density at radius 1 is 1.10 bits per heavy atom. The average Bonchev–Trinajstić information content (AvgIpc) is 2.44. The van der Waals surface area contributed by atoms with Gasteiger partial charge in [0, 0.05) is 27.1 Å². The molecule has 0 saturated carbocycles. The number of hydrogen-bond acceptors (Lipinski definition) is 2. The maximum absolute atomic E-state index is 5.82. The highest BCUT2D eigenvalue weighted by molar-refractivity contribution is 9.10. The van der Waals surface area contributed by atoms with Crippen LogP contribution in [-0.4, -0.2) is 6.04 Å². The van der Waals surface area contributed by atoms with E-state index in [1.165, 1.54) is 5.56 Å². The minimum Gasteiger partial charge on any atom is -0.489 e. The first-order valence-electron chi connectivity index (χ1n) is 6.93. The molecule has 0 aromatic heterocycles. The molecule has 2 aromatic rings. The van der Waals surface area contributed by atoms with Gasteiger partial charge in [0.25, 0.3) is 0 Å². The van der Waals surface area contributed by atoms with Crippen molar-refractivity contribution in [1.82, 2.24) is 5.32 Å². The molecule has 0 bridgehead atoms. The minimum atomic E-state index is 0.489. The summed E-state index contributed by atoms with van der Waals surface area (Å²) in [6, 6.07) is 14.8. The second kappa shape index (κ2) is 7.97. The highest BCUT2D eigenvalue weighted by atomic mass is 79.9. The lowest BCUT2D eigenvalue weighted by Gasteiger charge is -2.11. The second-order valence-corrected chi connectivity index (χ2v) is 6.98. The number of halogens is 2. The van der Waals surface area contributed by atoms with Gasteiger partial charge in [0.05, 0.1) is 0 Å². The summed E-state index contributed by atoms with van der Waals surface area (Å²) in [6.07, 6.45) is 0.